The maximum atomic E-state index is 14.8. The summed E-state index contributed by atoms with van der Waals surface area (Å²) < 4.78 is 29.7. The van der Waals surface area contributed by atoms with Crippen LogP contribution in [0.25, 0.3) is 11.1 Å². The number of amidine groups is 1. The number of carbonyl (C=O) groups is 1. The van der Waals surface area contributed by atoms with Gasteiger partial charge in [-0.25, -0.2) is 23.7 Å². The molecule has 0 bridgehead atoms. The molecule has 1 fully saturated rings. The minimum Gasteiger partial charge on any atom is -0.356 e. The number of halogens is 3. The molecule has 1 aromatic heterocycles. The zero-order chi connectivity index (χ0) is 31.7. The molecule has 45 heavy (non-hydrogen) atoms. The Labute approximate surface area is 264 Å². The predicted octanol–water partition coefficient (Wildman–Crippen LogP) is 5.45. The van der Waals surface area contributed by atoms with Gasteiger partial charge in [0.05, 0.1) is 17.8 Å². The highest BCUT2D eigenvalue weighted by atomic mass is 35.5. The highest BCUT2D eigenvalue weighted by molar-refractivity contribution is 6.69. The van der Waals surface area contributed by atoms with Crippen molar-refractivity contribution in [3.05, 3.63) is 107 Å². The number of fused-ring (bicyclic) bond motifs is 3. The van der Waals surface area contributed by atoms with Gasteiger partial charge in [-0.15, -0.1) is 0 Å². The molecule has 0 saturated carbocycles. The molecule has 2 unspecified atom stereocenters. The van der Waals surface area contributed by atoms with Crippen molar-refractivity contribution in [2.45, 2.75) is 32.4 Å². The van der Waals surface area contributed by atoms with Gasteiger partial charge in [0.1, 0.15) is 22.6 Å². The summed E-state index contributed by atoms with van der Waals surface area (Å²) in [6.07, 6.45) is 7.00. The van der Waals surface area contributed by atoms with Gasteiger partial charge in [-0.3, -0.25) is 10.2 Å². The van der Waals surface area contributed by atoms with E-state index in [4.69, 9.17) is 22.0 Å². The number of nitrogens with zero attached hydrogens (tertiary/aromatic N) is 4. The summed E-state index contributed by atoms with van der Waals surface area (Å²) in [5.41, 5.74) is 3.72. The Morgan fingerprint density at radius 1 is 1.07 bits per heavy atom. The molecule has 3 heterocycles. The van der Waals surface area contributed by atoms with Crippen molar-refractivity contribution in [3.8, 4) is 0 Å². The number of hydrogen-bond donors (Lipinski definition) is 4. The van der Waals surface area contributed by atoms with Crippen molar-refractivity contribution in [2.24, 2.45) is 4.99 Å². The van der Waals surface area contributed by atoms with Crippen molar-refractivity contribution < 1.29 is 13.6 Å². The number of allylic oxidation sites excluding steroid dienone is 5. The quantitative estimate of drug-likeness (QED) is 0.213. The van der Waals surface area contributed by atoms with Crippen LogP contribution in [0.5, 0.6) is 0 Å². The lowest BCUT2D eigenvalue weighted by atomic mass is 9.84. The van der Waals surface area contributed by atoms with E-state index in [-0.39, 0.29) is 40.8 Å². The van der Waals surface area contributed by atoms with Crippen molar-refractivity contribution in [2.75, 3.05) is 25.0 Å². The SMILES string of the molecule is CC1CN(C(=N)CNC(=O)c2ccc(Nc3ncc4c(n3)C3=CN=C(Cl)C=C(c5c(F)cccc5F)C3=CC4)cc2)CC(C)N1. The molecule has 6 rings (SSSR count). The van der Waals surface area contributed by atoms with Gasteiger partial charge in [0.15, 0.2) is 0 Å². The lowest BCUT2D eigenvalue weighted by Crippen LogP contribution is -2.57. The van der Waals surface area contributed by atoms with Gasteiger partial charge in [0.2, 0.25) is 5.95 Å². The average molecular weight is 629 g/mol. The summed E-state index contributed by atoms with van der Waals surface area (Å²) in [6.45, 7) is 5.75. The van der Waals surface area contributed by atoms with Crippen LogP contribution >= 0.6 is 11.6 Å². The van der Waals surface area contributed by atoms with E-state index in [0.29, 0.717) is 46.3 Å². The minimum atomic E-state index is -0.706. The van der Waals surface area contributed by atoms with Crippen LogP contribution in [0.4, 0.5) is 20.4 Å². The molecule has 3 aromatic rings. The number of anilines is 2. The van der Waals surface area contributed by atoms with Crippen molar-refractivity contribution in [3.63, 3.8) is 0 Å². The zero-order valence-electron chi connectivity index (χ0n) is 24.7. The van der Waals surface area contributed by atoms with E-state index in [1.807, 2.05) is 11.0 Å². The first-order valence-electron chi connectivity index (χ1n) is 14.6. The molecule has 2 atom stereocenters. The monoisotopic (exact) mass is 628 g/mol. The number of aromatic nitrogens is 2. The Bertz CT molecular complexity index is 1770. The van der Waals surface area contributed by atoms with Gasteiger partial charge in [0, 0.05) is 60.0 Å². The molecule has 2 aliphatic heterocycles. The topological polar surface area (TPSA) is 118 Å². The molecular weight excluding hydrogens is 598 g/mol. The van der Waals surface area contributed by atoms with E-state index in [2.05, 4.69) is 39.8 Å². The van der Waals surface area contributed by atoms with Crippen molar-refractivity contribution >= 4 is 51.3 Å². The summed E-state index contributed by atoms with van der Waals surface area (Å²) in [5, 5.41) is 17.9. The van der Waals surface area contributed by atoms with Crippen LogP contribution in [0.15, 0.2) is 77.6 Å². The van der Waals surface area contributed by atoms with E-state index < -0.39 is 11.6 Å². The molecule has 0 radical (unpaired) electrons. The second-order valence-corrected chi connectivity index (χ2v) is 11.6. The van der Waals surface area contributed by atoms with Gasteiger partial charge in [-0.05, 0) is 73.9 Å². The number of rotatable bonds is 6. The number of hydrogen-bond acceptors (Lipinski definition) is 7. The molecular formula is C33H31ClF2N8O. The highest BCUT2D eigenvalue weighted by Crippen LogP contribution is 2.41. The summed E-state index contributed by atoms with van der Waals surface area (Å²) in [6, 6.07) is 11.1. The van der Waals surface area contributed by atoms with Crippen LogP contribution in [0.3, 0.4) is 0 Å². The van der Waals surface area contributed by atoms with Crippen LogP contribution < -0.4 is 16.0 Å². The summed E-state index contributed by atoms with van der Waals surface area (Å²) >= 11 is 6.29. The standard InChI is InChI=1S/C33H31ClF2N8O/c1-18-16-44(17-19(2)41-18)29(37)15-39-32(45)20-6-9-22(10-7-20)42-33-40-13-21-8-11-23-24(30-26(35)4-3-5-27(30)36)12-28(34)38-14-25(23)31(21)43-33/h3-7,9-14,18-19,37,41H,8,15-17H2,1-2H3,(H,39,45)(H,40,42,43). The fourth-order valence-corrected chi connectivity index (χ4v) is 5.92. The summed E-state index contributed by atoms with van der Waals surface area (Å²) in [5.74, 6) is -1.02. The van der Waals surface area contributed by atoms with Gasteiger partial charge in [-0.1, -0.05) is 23.7 Å². The van der Waals surface area contributed by atoms with Gasteiger partial charge < -0.3 is 20.9 Å². The first kappa shape index (κ1) is 30.3. The van der Waals surface area contributed by atoms with E-state index in [1.165, 1.54) is 24.3 Å². The summed E-state index contributed by atoms with van der Waals surface area (Å²) in [4.78, 5) is 28.2. The lowest BCUT2D eigenvalue weighted by Gasteiger charge is -2.37. The Morgan fingerprint density at radius 3 is 2.49 bits per heavy atom. The number of piperazine rings is 1. The van der Waals surface area contributed by atoms with Gasteiger partial charge >= 0.3 is 0 Å². The zero-order valence-corrected chi connectivity index (χ0v) is 25.4. The third-order valence-electron chi connectivity index (χ3n) is 7.80. The minimum absolute atomic E-state index is 0.0818. The fraction of sp³-hybridized carbons (Fsp3) is 0.242. The van der Waals surface area contributed by atoms with Gasteiger partial charge in [0.25, 0.3) is 5.91 Å². The average Bonchev–Trinajstić information content (AvgIpc) is 3.18. The second-order valence-electron chi connectivity index (χ2n) is 11.2. The number of carbonyl (C=O) groups excluding carboxylic acids is 1. The Balaban J connectivity index is 1.15. The van der Waals surface area contributed by atoms with E-state index in [0.717, 1.165) is 18.7 Å². The molecule has 9 nitrogen and oxygen atoms in total. The number of nitrogens with one attached hydrogen (secondary N) is 4. The van der Waals surface area contributed by atoms with Crippen molar-refractivity contribution in [1.29, 1.82) is 5.41 Å². The molecule has 1 saturated heterocycles. The first-order valence-corrected chi connectivity index (χ1v) is 14.9. The maximum Gasteiger partial charge on any atom is 0.251 e. The molecule has 0 spiro atoms. The second kappa shape index (κ2) is 12.7. The van der Waals surface area contributed by atoms with E-state index in [1.54, 1.807) is 36.7 Å². The molecule has 230 valence electrons. The van der Waals surface area contributed by atoms with Crippen molar-refractivity contribution in [1.82, 2.24) is 25.5 Å². The number of benzene rings is 2. The van der Waals surface area contributed by atoms with Gasteiger partial charge in [-0.2, -0.15) is 0 Å². The molecule has 4 N–H and O–H groups in total. The third-order valence-corrected chi connectivity index (χ3v) is 8.00. The van der Waals surface area contributed by atoms with Crippen LogP contribution in [0, 0.1) is 17.0 Å². The predicted molar refractivity (Wildman–Crippen MR) is 173 cm³/mol. The first-order chi connectivity index (χ1) is 21.7. The Hall–Kier alpha value is -4.74. The molecule has 3 aliphatic rings. The number of amides is 1. The fourth-order valence-electron chi connectivity index (χ4n) is 5.77. The van der Waals surface area contributed by atoms with E-state index >= 15 is 0 Å². The molecule has 2 aromatic carbocycles. The van der Waals surface area contributed by atoms with Crippen LogP contribution in [-0.2, 0) is 6.42 Å². The molecule has 1 amide bonds. The van der Waals surface area contributed by atoms with E-state index in [9.17, 15) is 13.6 Å². The van der Waals surface area contributed by atoms with Crippen LogP contribution in [0.1, 0.15) is 41.0 Å². The molecule has 1 aliphatic carbocycles. The largest absolute Gasteiger partial charge is 0.356 e. The lowest BCUT2D eigenvalue weighted by molar-refractivity contribution is 0.0957. The molecule has 12 heteroatoms. The number of aliphatic imine (C=N–C) groups is 1. The Kier molecular flexibility index (Phi) is 8.55. The van der Waals surface area contributed by atoms with Crippen LogP contribution in [0.2, 0.25) is 0 Å². The normalized spacial score (nSPS) is 19.2. The Morgan fingerprint density at radius 2 is 1.78 bits per heavy atom. The maximum absolute atomic E-state index is 14.8. The smallest absolute Gasteiger partial charge is 0.251 e. The third kappa shape index (κ3) is 6.54. The highest BCUT2D eigenvalue weighted by Gasteiger charge is 2.28. The van der Waals surface area contributed by atoms with Crippen LogP contribution in [-0.4, -0.2) is 63.5 Å². The summed E-state index contributed by atoms with van der Waals surface area (Å²) in [7, 11) is 0.